The van der Waals surface area contributed by atoms with Crippen LogP contribution in [0, 0.1) is 5.82 Å². The van der Waals surface area contributed by atoms with Crippen molar-refractivity contribution in [2.24, 2.45) is 0 Å². The Labute approximate surface area is 181 Å². The Hall–Kier alpha value is -3.32. The van der Waals surface area contributed by atoms with Crippen molar-refractivity contribution in [3.63, 3.8) is 0 Å². The molecule has 0 aromatic heterocycles. The number of carbonyl (C=O) groups is 2. The van der Waals surface area contributed by atoms with E-state index in [1.165, 1.54) is 11.0 Å². The minimum atomic E-state index is -1.62. The van der Waals surface area contributed by atoms with Gasteiger partial charge in [-0.25, -0.2) is 8.60 Å². The number of rotatable bonds is 4. The summed E-state index contributed by atoms with van der Waals surface area (Å²) >= 11 is 0. The topological polar surface area (TPSA) is 66.5 Å². The molecule has 1 saturated carbocycles. The van der Waals surface area contributed by atoms with Gasteiger partial charge in [0.25, 0.3) is 11.8 Å². The van der Waals surface area contributed by atoms with Gasteiger partial charge in [-0.2, -0.15) is 0 Å². The molecule has 1 aliphatic carbocycles. The Morgan fingerprint density at radius 1 is 1.03 bits per heavy atom. The maximum absolute atomic E-state index is 14.4. The average Bonchev–Trinajstić information content (AvgIpc) is 3.61. The second-order valence-corrected chi connectivity index (χ2v) is 9.09. The lowest BCUT2D eigenvalue weighted by Crippen LogP contribution is -2.31. The maximum atomic E-state index is 14.4. The Kier molecular flexibility index (Phi) is 4.90. The lowest BCUT2D eigenvalue weighted by atomic mass is 10.1. The van der Waals surface area contributed by atoms with Gasteiger partial charge in [-0.1, -0.05) is 30.3 Å². The summed E-state index contributed by atoms with van der Waals surface area (Å²) in [4.78, 5) is 28.3. The van der Waals surface area contributed by atoms with E-state index in [2.05, 4.69) is 5.32 Å². The largest absolute Gasteiger partial charge is 0.349 e. The van der Waals surface area contributed by atoms with E-state index in [1.807, 2.05) is 0 Å². The lowest BCUT2D eigenvalue weighted by Gasteiger charge is -2.24. The Morgan fingerprint density at radius 2 is 1.77 bits per heavy atom. The van der Waals surface area contributed by atoms with E-state index in [1.54, 1.807) is 60.7 Å². The summed E-state index contributed by atoms with van der Waals surface area (Å²) in [5, 5.41) is 2.93. The summed E-state index contributed by atoms with van der Waals surface area (Å²) in [6.45, 7) is -0.0439. The summed E-state index contributed by atoms with van der Waals surface area (Å²) in [7, 11) is -1.62. The molecule has 31 heavy (non-hydrogen) atoms. The van der Waals surface area contributed by atoms with Crippen LogP contribution in [0.3, 0.4) is 0 Å². The van der Waals surface area contributed by atoms with Crippen molar-refractivity contribution in [3.05, 3.63) is 89.2 Å². The van der Waals surface area contributed by atoms with Crippen molar-refractivity contribution >= 4 is 28.3 Å². The van der Waals surface area contributed by atoms with Crippen LogP contribution >= 0.6 is 0 Å². The SMILES string of the molecule is O=C(NC1CC1)c1ccc2c(c1)N(Cc1ccccc1F)C(=O)c1ccccc1[S@]2=O. The molecule has 156 valence electrons. The zero-order valence-corrected chi connectivity index (χ0v) is 17.3. The number of hydrogen-bond acceptors (Lipinski definition) is 3. The Bertz CT molecular complexity index is 1240. The molecule has 1 heterocycles. The molecule has 1 aliphatic heterocycles. The van der Waals surface area contributed by atoms with Crippen LogP contribution in [-0.4, -0.2) is 22.1 Å². The first-order valence-electron chi connectivity index (χ1n) is 10.0. The van der Waals surface area contributed by atoms with Crippen LogP contribution in [-0.2, 0) is 17.3 Å². The molecule has 1 N–H and O–H groups in total. The van der Waals surface area contributed by atoms with Gasteiger partial charge in [0, 0.05) is 17.2 Å². The van der Waals surface area contributed by atoms with Crippen LogP contribution < -0.4 is 10.2 Å². The monoisotopic (exact) mass is 434 g/mol. The third kappa shape index (κ3) is 3.65. The predicted molar refractivity (Wildman–Crippen MR) is 115 cm³/mol. The molecule has 0 radical (unpaired) electrons. The summed E-state index contributed by atoms with van der Waals surface area (Å²) < 4.78 is 27.8. The molecule has 0 bridgehead atoms. The number of nitrogens with zero attached hydrogens (tertiary/aromatic N) is 1. The third-order valence-electron chi connectivity index (χ3n) is 5.47. The van der Waals surface area contributed by atoms with Gasteiger partial charge in [0.1, 0.15) is 5.82 Å². The number of nitrogens with one attached hydrogen (secondary N) is 1. The van der Waals surface area contributed by atoms with Crippen LogP contribution in [0.5, 0.6) is 0 Å². The van der Waals surface area contributed by atoms with Crippen molar-refractivity contribution in [2.75, 3.05) is 4.90 Å². The smallest absolute Gasteiger partial charge is 0.259 e. The number of carbonyl (C=O) groups excluding carboxylic acids is 2. The highest BCUT2D eigenvalue weighted by Crippen LogP contribution is 2.36. The molecule has 5 rings (SSSR count). The van der Waals surface area contributed by atoms with Crippen LogP contribution in [0.4, 0.5) is 10.1 Å². The van der Waals surface area contributed by atoms with E-state index in [0.29, 0.717) is 32.2 Å². The second kappa shape index (κ2) is 7.74. The number of anilines is 1. The van der Waals surface area contributed by atoms with Crippen LogP contribution in [0.25, 0.3) is 0 Å². The van der Waals surface area contributed by atoms with Gasteiger partial charge in [0.05, 0.1) is 38.4 Å². The first-order chi connectivity index (χ1) is 15.0. The van der Waals surface area contributed by atoms with Gasteiger partial charge >= 0.3 is 0 Å². The minimum Gasteiger partial charge on any atom is -0.349 e. The molecule has 5 nitrogen and oxygen atoms in total. The van der Waals surface area contributed by atoms with Crippen LogP contribution in [0.1, 0.15) is 39.1 Å². The highest BCUT2D eigenvalue weighted by molar-refractivity contribution is 7.85. The molecule has 0 unspecified atom stereocenters. The molecule has 2 amide bonds. The molecule has 1 atom stereocenters. The number of fused-ring (bicyclic) bond motifs is 2. The zero-order chi connectivity index (χ0) is 21.5. The minimum absolute atomic E-state index is 0.0439. The lowest BCUT2D eigenvalue weighted by molar-refractivity contribution is 0.0947. The normalized spacial score (nSPS) is 17.5. The standard InChI is InChI=1S/C24H19FN2O3S/c25-19-7-3-1-5-16(19)14-27-20-13-15(23(28)26-17-10-11-17)9-12-22(20)31(30)21-8-4-2-6-18(21)24(27)29/h1-9,12-13,17H,10-11,14H2,(H,26,28)/t31-/m1/s1. The highest BCUT2D eigenvalue weighted by atomic mass is 32.2. The number of hydrogen-bond donors (Lipinski definition) is 1. The average molecular weight is 434 g/mol. The number of halogens is 1. The highest BCUT2D eigenvalue weighted by Gasteiger charge is 2.32. The third-order valence-corrected chi connectivity index (χ3v) is 6.97. The summed E-state index contributed by atoms with van der Waals surface area (Å²) in [6.07, 6.45) is 1.90. The van der Waals surface area contributed by atoms with E-state index in [4.69, 9.17) is 0 Å². The van der Waals surface area contributed by atoms with E-state index < -0.39 is 16.6 Å². The van der Waals surface area contributed by atoms with Gasteiger partial charge in [-0.3, -0.25) is 9.59 Å². The zero-order valence-electron chi connectivity index (χ0n) is 16.5. The van der Waals surface area contributed by atoms with E-state index in [-0.39, 0.29) is 24.4 Å². The van der Waals surface area contributed by atoms with E-state index in [9.17, 15) is 18.2 Å². The quantitative estimate of drug-likeness (QED) is 0.674. The molecule has 2 aliphatic rings. The second-order valence-electron chi connectivity index (χ2n) is 7.68. The van der Waals surface area contributed by atoms with Gasteiger partial charge in [0.2, 0.25) is 0 Å². The molecule has 1 fully saturated rings. The van der Waals surface area contributed by atoms with Crippen molar-refractivity contribution in [3.8, 4) is 0 Å². The molecular weight excluding hydrogens is 415 g/mol. The molecule has 0 saturated heterocycles. The first-order valence-corrected chi connectivity index (χ1v) is 11.2. The van der Waals surface area contributed by atoms with E-state index in [0.717, 1.165) is 12.8 Å². The van der Waals surface area contributed by atoms with Gasteiger partial charge in [-0.15, -0.1) is 0 Å². The van der Waals surface area contributed by atoms with Crippen molar-refractivity contribution in [1.29, 1.82) is 0 Å². The summed E-state index contributed by atoms with van der Waals surface area (Å²) in [5.41, 5.74) is 1.36. The van der Waals surface area contributed by atoms with E-state index >= 15 is 0 Å². The predicted octanol–water partition coefficient (Wildman–Crippen LogP) is 4.05. The fraction of sp³-hybridized carbons (Fsp3) is 0.167. The Morgan fingerprint density at radius 3 is 2.55 bits per heavy atom. The molecule has 7 heteroatoms. The number of benzene rings is 3. The molecule has 0 spiro atoms. The molecule has 3 aromatic carbocycles. The van der Waals surface area contributed by atoms with Crippen LogP contribution in [0.2, 0.25) is 0 Å². The van der Waals surface area contributed by atoms with Crippen LogP contribution in [0.15, 0.2) is 76.5 Å². The fourth-order valence-electron chi connectivity index (χ4n) is 3.65. The number of amides is 2. The maximum Gasteiger partial charge on any atom is 0.259 e. The van der Waals surface area contributed by atoms with Gasteiger partial charge in [-0.05, 0) is 49.2 Å². The summed E-state index contributed by atoms with van der Waals surface area (Å²) in [6, 6.07) is 18.0. The van der Waals surface area contributed by atoms with Crippen molar-refractivity contribution in [2.45, 2.75) is 35.2 Å². The first kappa shape index (κ1) is 19.6. The summed E-state index contributed by atoms with van der Waals surface area (Å²) in [5.74, 6) is -1.06. The Balaban J connectivity index is 1.65. The van der Waals surface area contributed by atoms with Crippen molar-refractivity contribution < 1.29 is 18.2 Å². The van der Waals surface area contributed by atoms with Gasteiger partial charge in [0.15, 0.2) is 0 Å². The van der Waals surface area contributed by atoms with Gasteiger partial charge < -0.3 is 10.2 Å². The van der Waals surface area contributed by atoms with Crippen molar-refractivity contribution in [1.82, 2.24) is 5.32 Å². The molecule has 3 aromatic rings. The fourth-order valence-corrected chi connectivity index (χ4v) is 5.00. The molecular formula is C24H19FN2O3S.